The average Bonchev–Trinajstić information content (AvgIpc) is 3.06. The number of hydrogen-bond donors (Lipinski definition) is 0. The first kappa shape index (κ1) is 18.4. The quantitative estimate of drug-likeness (QED) is 0.230. The fourth-order valence-corrected chi connectivity index (χ4v) is 5.01. The summed E-state index contributed by atoms with van der Waals surface area (Å²) in [6.07, 6.45) is 0. The summed E-state index contributed by atoms with van der Waals surface area (Å²) in [4.78, 5) is 13.6. The molecule has 0 aliphatic rings. The second-order valence-electron chi connectivity index (χ2n) is 9.14. The number of nitrogens with zero attached hydrogens (tertiary/aromatic N) is 3. The lowest BCUT2D eigenvalue weighted by molar-refractivity contribution is 1.07. The van der Waals surface area contributed by atoms with Crippen molar-refractivity contribution in [2.24, 2.45) is 0 Å². The maximum atomic E-state index is 8.60. The van der Waals surface area contributed by atoms with Gasteiger partial charge in [-0.25, -0.2) is 4.98 Å². The van der Waals surface area contributed by atoms with Crippen molar-refractivity contribution in [1.82, 2.24) is 15.0 Å². The lowest BCUT2D eigenvalue weighted by atomic mass is 9.95. The van der Waals surface area contributed by atoms with E-state index in [2.05, 4.69) is 40.3 Å². The predicted molar refractivity (Wildman–Crippen MR) is 162 cm³/mol. The largest absolute Gasteiger partial charge is 0.226 e. The monoisotopic (exact) mass is 524 g/mol. The molecule has 0 saturated carbocycles. The molecular formula is C35H22ClN3. The van der Waals surface area contributed by atoms with Crippen molar-refractivity contribution in [3.8, 4) is 45.0 Å². The molecular weight excluding hydrogens is 498 g/mol. The van der Waals surface area contributed by atoms with Gasteiger partial charge < -0.3 is 0 Å². The highest BCUT2D eigenvalue weighted by Gasteiger charge is 2.14. The van der Waals surface area contributed by atoms with E-state index in [0.29, 0.717) is 22.8 Å². The van der Waals surface area contributed by atoms with Crippen LogP contribution in [0.4, 0.5) is 0 Å². The Kier molecular flexibility index (Phi) is 4.62. The highest BCUT2D eigenvalue weighted by molar-refractivity contribution is 6.28. The molecule has 7 rings (SSSR count). The molecule has 0 bridgehead atoms. The third-order valence-corrected chi connectivity index (χ3v) is 6.87. The van der Waals surface area contributed by atoms with Crippen LogP contribution in [0.3, 0.4) is 0 Å². The normalized spacial score (nSPS) is 13.0. The Morgan fingerprint density at radius 2 is 1.15 bits per heavy atom. The fourth-order valence-electron chi connectivity index (χ4n) is 4.85. The Balaban J connectivity index is 1.38. The Morgan fingerprint density at radius 3 is 2.00 bits per heavy atom. The van der Waals surface area contributed by atoms with Crippen molar-refractivity contribution in [1.29, 1.82) is 0 Å². The minimum Gasteiger partial charge on any atom is -0.208 e. The molecule has 0 saturated heterocycles. The zero-order valence-corrected chi connectivity index (χ0v) is 21.3. The van der Waals surface area contributed by atoms with Gasteiger partial charge in [0.25, 0.3) is 0 Å². The summed E-state index contributed by atoms with van der Waals surface area (Å²) in [6, 6.07) is 31.8. The third-order valence-electron chi connectivity index (χ3n) is 6.70. The molecule has 0 unspecified atom stereocenters. The first-order valence-corrected chi connectivity index (χ1v) is 12.8. The number of aromatic nitrogens is 3. The van der Waals surface area contributed by atoms with Crippen LogP contribution in [0.15, 0.2) is 133 Å². The van der Waals surface area contributed by atoms with E-state index in [4.69, 9.17) is 23.4 Å². The van der Waals surface area contributed by atoms with Gasteiger partial charge in [-0.2, -0.15) is 9.97 Å². The number of rotatable bonds is 4. The van der Waals surface area contributed by atoms with E-state index < -0.39 is 18.1 Å². The van der Waals surface area contributed by atoms with Crippen molar-refractivity contribution in [3.63, 3.8) is 0 Å². The minimum atomic E-state index is -0.441. The number of benzene rings is 6. The fraction of sp³-hybridized carbons (Fsp3) is 0. The van der Waals surface area contributed by atoms with Crippen molar-refractivity contribution >= 4 is 33.1 Å². The number of halogens is 1. The van der Waals surface area contributed by atoms with Crippen LogP contribution in [0.2, 0.25) is 5.28 Å². The summed E-state index contributed by atoms with van der Waals surface area (Å²) in [6.45, 7) is 0. The van der Waals surface area contributed by atoms with Crippen LogP contribution in [0.1, 0.15) is 6.85 Å². The van der Waals surface area contributed by atoms with Gasteiger partial charge in [-0.1, -0.05) is 109 Å². The highest BCUT2D eigenvalue weighted by Crippen LogP contribution is 2.34. The molecule has 3 nitrogen and oxygen atoms in total. The van der Waals surface area contributed by atoms with Gasteiger partial charge in [0.1, 0.15) is 0 Å². The summed E-state index contributed by atoms with van der Waals surface area (Å²) in [5.74, 6) is 0.690. The molecule has 0 fully saturated rings. The molecule has 4 heteroatoms. The maximum Gasteiger partial charge on any atom is 0.226 e. The molecule has 184 valence electrons. The molecule has 0 spiro atoms. The van der Waals surface area contributed by atoms with Gasteiger partial charge in [-0.3, -0.25) is 0 Å². The number of fused-ring (bicyclic) bond motifs is 2. The summed E-state index contributed by atoms with van der Waals surface area (Å²) in [5.41, 5.74) is 3.97. The Morgan fingerprint density at radius 1 is 0.487 bits per heavy atom. The van der Waals surface area contributed by atoms with E-state index in [9.17, 15) is 0 Å². The lowest BCUT2D eigenvalue weighted by Gasteiger charge is -2.11. The standard InChI is InChI=1S/C35H22ClN3/c36-35-38-33(29-15-8-14-26(20-29)27-18-17-23-9-4-5-12-25(23)19-27)37-34(39-35)30-21-28-13-6-7-16-31(28)32(22-30)24-10-2-1-3-11-24/h1-22H/i1D,2D,3D,10D,11D. The molecule has 39 heavy (non-hydrogen) atoms. The Hall–Kier alpha value is -4.86. The van der Waals surface area contributed by atoms with Crippen molar-refractivity contribution in [2.75, 3.05) is 0 Å². The van der Waals surface area contributed by atoms with Crippen LogP contribution in [-0.2, 0) is 0 Å². The Labute approximate surface area is 238 Å². The average molecular weight is 525 g/mol. The van der Waals surface area contributed by atoms with Crippen LogP contribution in [0.5, 0.6) is 0 Å². The van der Waals surface area contributed by atoms with E-state index in [1.54, 1.807) is 6.07 Å². The molecule has 0 aliphatic carbocycles. The molecule has 1 aromatic heterocycles. The zero-order chi connectivity index (χ0) is 30.5. The molecule has 6 aromatic carbocycles. The third kappa shape index (κ3) is 4.54. The van der Waals surface area contributed by atoms with Gasteiger partial charge in [0, 0.05) is 11.1 Å². The molecule has 0 aliphatic heterocycles. The lowest BCUT2D eigenvalue weighted by Crippen LogP contribution is -1.98. The molecule has 0 amide bonds. The summed E-state index contributed by atoms with van der Waals surface area (Å²) < 4.78 is 41.7. The van der Waals surface area contributed by atoms with E-state index >= 15 is 0 Å². The first-order chi connectivity index (χ1) is 21.3. The van der Waals surface area contributed by atoms with Gasteiger partial charge in [0.05, 0.1) is 6.85 Å². The van der Waals surface area contributed by atoms with Gasteiger partial charge in [-0.05, 0) is 79.7 Å². The van der Waals surface area contributed by atoms with E-state index in [1.807, 2.05) is 66.7 Å². The SMILES string of the molecule is [2H]c1c([2H])c([2H])c(-c2cc(-c3nc(Cl)nc(-c4cccc(-c5ccc6ccccc6c5)c4)n3)cc3ccccc23)c([2H])c1[2H]. The van der Waals surface area contributed by atoms with Crippen LogP contribution >= 0.6 is 11.6 Å². The zero-order valence-electron chi connectivity index (χ0n) is 25.5. The second-order valence-corrected chi connectivity index (χ2v) is 9.48. The molecule has 0 radical (unpaired) electrons. The van der Waals surface area contributed by atoms with Gasteiger partial charge in [-0.15, -0.1) is 0 Å². The predicted octanol–water partition coefficient (Wildman–Crippen LogP) is 9.50. The summed E-state index contributed by atoms with van der Waals surface area (Å²) in [7, 11) is 0. The van der Waals surface area contributed by atoms with Crippen LogP contribution < -0.4 is 0 Å². The highest BCUT2D eigenvalue weighted by atomic mass is 35.5. The van der Waals surface area contributed by atoms with Crippen molar-refractivity contribution in [2.45, 2.75) is 0 Å². The molecule has 1 heterocycles. The molecule has 7 aromatic rings. The summed E-state index contributed by atoms with van der Waals surface area (Å²) >= 11 is 6.46. The first-order valence-electron chi connectivity index (χ1n) is 14.9. The molecule has 0 atom stereocenters. The van der Waals surface area contributed by atoms with Crippen LogP contribution in [0, 0.1) is 0 Å². The molecule has 0 N–H and O–H groups in total. The topological polar surface area (TPSA) is 38.7 Å². The minimum absolute atomic E-state index is 0.0126. The van der Waals surface area contributed by atoms with Crippen LogP contribution in [-0.4, -0.2) is 15.0 Å². The van der Waals surface area contributed by atoms with E-state index in [0.717, 1.165) is 32.8 Å². The van der Waals surface area contributed by atoms with Gasteiger partial charge in [0.2, 0.25) is 5.28 Å². The van der Waals surface area contributed by atoms with Crippen molar-refractivity contribution < 1.29 is 6.85 Å². The Bertz CT molecular complexity index is 2240. The summed E-state index contributed by atoms with van der Waals surface area (Å²) in [5, 5.41) is 3.85. The van der Waals surface area contributed by atoms with Crippen LogP contribution in [0.25, 0.3) is 66.6 Å². The van der Waals surface area contributed by atoms with Crippen molar-refractivity contribution in [3.05, 3.63) is 139 Å². The second kappa shape index (κ2) is 9.79. The van der Waals surface area contributed by atoms with Gasteiger partial charge in [0.15, 0.2) is 11.6 Å². The smallest absolute Gasteiger partial charge is 0.208 e. The van der Waals surface area contributed by atoms with Gasteiger partial charge >= 0.3 is 0 Å². The van der Waals surface area contributed by atoms with E-state index in [1.165, 1.54) is 5.39 Å². The van der Waals surface area contributed by atoms with E-state index in [-0.39, 0.29) is 22.9 Å². The number of hydrogen-bond acceptors (Lipinski definition) is 3. The maximum absolute atomic E-state index is 8.60.